The van der Waals surface area contributed by atoms with Gasteiger partial charge in [-0.3, -0.25) is 4.72 Å². The molecule has 2 aromatic carbocycles. The topological polar surface area (TPSA) is 96.0 Å². The van der Waals surface area contributed by atoms with Crippen molar-refractivity contribution >= 4 is 44.6 Å². The Hall–Kier alpha value is -1.94. The highest BCUT2D eigenvalue weighted by Crippen LogP contribution is 2.27. The Morgan fingerprint density at radius 1 is 1.10 bits per heavy atom. The molecule has 0 atom stereocenters. The number of rotatable bonds is 3. The summed E-state index contributed by atoms with van der Waals surface area (Å²) in [6.45, 7) is 0. The highest BCUT2D eigenvalue weighted by atomic mass is 35.5. The van der Waals surface area contributed by atoms with E-state index in [1.807, 2.05) is 6.07 Å². The number of hydrogen-bond acceptors (Lipinski definition) is 4. The number of benzene rings is 2. The zero-order chi connectivity index (χ0) is 15.6. The predicted octanol–water partition coefficient (Wildman–Crippen LogP) is 3.25. The summed E-state index contributed by atoms with van der Waals surface area (Å²) in [5.41, 5.74) is 6.37. The molecule has 0 aliphatic heterocycles. The van der Waals surface area contributed by atoms with Crippen molar-refractivity contribution in [2.24, 2.45) is 0 Å². The van der Waals surface area contributed by atoms with Gasteiger partial charge in [-0.2, -0.15) is 5.26 Å². The summed E-state index contributed by atoms with van der Waals surface area (Å²) in [4.78, 5) is -0.0983. The maximum absolute atomic E-state index is 12.3. The quantitative estimate of drug-likeness (QED) is 0.837. The van der Waals surface area contributed by atoms with Crippen molar-refractivity contribution in [2.75, 3.05) is 10.5 Å². The van der Waals surface area contributed by atoms with E-state index in [2.05, 4.69) is 4.72 Å². The third-order valence-corrected chi connectivity index (χ3v) is 4.76. The van der Waals surface area contributed by atoms with Gasteiger partial charge >= 0.3 is 0 Å². The van der Waals surface area contributed by atoms with E-state index in [0.717, 1.165) is 0 Å². The van der Waals surface area contributed by atoms with E-state index in [4.69, 9.17) is 34.2 Å². The number of hydrogen-bond donors (Lipinski definition) is 2. The van der Waals surface area contributed by atoms with Gasteiger partial charge in [-0.1, -0.05) is 23.2 Å². The van der Waals surface area contributed by atoms with Gasteiger partial charge in [0.15, 0.2) is 0 Å². The molecule has 3 N–H and O–H groups in total. The van der Waals surface area contributed by atoms with Gasteiger partial charge in [0.1, 0.15) is 11.0 Å². The standard InChI is InChI=1S/C13H9Cl2N3O2S/c14-11-6-10(3-1-8(11)7-16)18-21(19,20)13-4-2-9(17)5-12(13)15/h1-6,18H,17H2. The monoisotopic (exact) mass is 341 g/mol. The van der Waals surface area contributed by atoms with Crippen molar-refractivity contribution in [2.45, 2.75) is 4.90 Å². The first-order valence-electron chi connectivity index (χ1n) is 5.61. The number of nitrogen functional groups attached to an aromatic ring is 1. The van der Waals surface area contributed by atoms with Crippen molar-refractivity contribution in [3.8, 4) is 6.07 Å². The molecule has 0 unspecified atom stereocenters. The van der Waals surface area contributed by atoms with Crippen LogP contribution in [0.3, 0.4) is 0 Å². The fraction of sp³-hybridized carbons (Fsp3) is 0. The van der Waals surface area contributed by atoms with Crippen LogP contribution in [0.4, 0.5) is 11.4 Å². The Morgan fingerprint density at radius 2 is 1.81 bits per heavy atom. The van der Waals surface area contributed by atoms with Crippen LogP contribution in [-0.4, -0.2) is 8.42 Å². The summed E-state index contributed by atoms with van der Waals surface area (Å²) in [6, 6.07) is 10.2. The molecule has 0 heterocycles. The highest BCUT2D eigenvalue weighted by molar-refractivity contribution is 7.92. The highest BCUT2D eigenvalue weighted by Gasteiger charge is 2.18. The van der Waals surface area contributed by atoms with Crippen LogP contribution in [0.5, 0.6) is 0 Å². The minimum Gasteiger partial charge on any atom is -0.399 e. The maximum Gasteiger partial charge on any atom is 0.263 e. The molecule has 21 heavy (non-hydrogen) atoms. The van der Waals surface area contributed by atoms with Crippen LogP contribution < -0.4 is 10.5 Å². The molecule has 2 rings (SSSR count). The van der Waals surface area contributed by atoms with E-state index in [1.54, 1.807) is 0 Å². The van der Waals surface area contributed by atoms with Crippen molar-refractivity contribution in [3.05, 3.63) is 52.0 Å². The molecule has 0 aromatic heterocycles. The number of nitriles is 1. The number of sulfonamides is 1. The fourth-order valence-corrected chi connectivity index (χ4v) is 3.44. The largest absolute Gasteiger partial charge is 0.399 e. The predicted molar refractivity (Wildman–Crippen MR) is 82.8 cm³/mol. The average Bonchev–Trinajstić information content (AvgIpc) is 2.37. The van der Waals surface area contributed by atoms with Crippen molar-refractivity contribution < 1.29 is 8.42 Å². The molecule has 5 nitrogen and oxygen atoms in total. The Kier molecular flexibility index (Phi) is 4.28. The SMILES string of the molecule is N#Cc1ccc(NS(=O)(=O)c2ccc(N)cc2Cl)cc1Cl. The Bertz CT molecular complexity index is 845. The van der Waals surface area contributed by atoms with Crippen LogP contribution in [0, 0.1) is 11.3 Å². The van der Waals surface area contributed by atoms with Crippen LogP contribution in [0.2, 0.25) is 10.0 Å². The van der Waals surface area contributed by atoms with Crippen LogP contribution in [0.1, 0.15) is 5.56 Å². The van der Waals surface area contributed by atoms with Crippen molar-refractivity contribution in [1.29, 1.82) is 5.26 Å². The van der Waals surface area contributed by atoms with Crippen LogP contribution >= 0.6 is 23.2 Å². The average molecular weight is 342 g/mol. The first-order chi connectivity index (χ1) is 9.83. The molecule has 0 bridgehead atoms. The van der Waals surface area contributed by atoms with Gasteiger partial charge in [0.05, 0.1) is 21.3 Å². The molecule has 0 amide bonds. The number of nitrogens with zero attached hydrogens (tertiary/aromatic N) is 1. The zero-order valence-corrected chi connectivity index (χ0v) is 12.8. The molecule has 0 aliphatic carbocycles. The van der Waals surface area contributed by atoms with Gasteiger partial charge in [-0.05, 0) is 36.4 Å². The van der Waals surface area contributed by atoms with E-state index >= 15 is 0 Å². The second-order valence-corrected chi connectivity index (χ2v) is 6.57. The summed E-state index contributed by atoms with van der Waals surface area (Å²) in [7, 11) is -3.88. The van der Waals surface area contributed by atoms with Crippen molar-refractivity contribution in [3.63, 3.8) is 0 Å². The van der Waals surface area contributed by atoms with Gasteiger partial charge in [-0.25, -0.2) is 8.42 Å². The van der Waals surface area contributed by atoms with Crippen molar-refractivity contribution in [1.82, 2.24) is 0 Å². The lowest BCUT2D eigenvalue weighted by Gasteiger charge is -2.10. The lowest BCUT2D eigenvalue weighted by molar-refractivity contribution is 0.601. The lowest BCUT2D eigenvalue weighted by atomic mass is 10.2. The van der Waals surface area contributed by atoms with E-state index in [9.17, 15) is 8.42 Å². The molecule has 108 valence electrons. The van der Waals surface area contributed by atoms with E-state index in [0.29, 0.717) is 5.69 Å². The Balaban J connectivity index is 2.38. The minimum absolute atomic E-state index is 0.0160. The number of nitrogens with two attached hydrogens (primary N) is 1. The molecular weight excluding hydrogens is 333 g/mol. The minimum atomic E-state index is -3.88. The molecule has 0 saturated carbocycles. The van der Waals surface area contributed by atoms with Gasteiger partial charge in [-0.15, -0.1) is 0 Å². The molecule has 2 aromatic rings. The summed E-state index contributed by atoms with van der Waals surface area (Å²) in [5, 5.41) is 8.95. The van der Waals surface area contributed by atoms with Gasteiger partial charge in [0.25, 0.3) is 10.0 Å². The first-order valence-corrected chi connectivity index (χ1v) is 7.85. The summed E-state index contributed by atoms with van der Waals surface area (Å²) in [6.07, 6.45) is 0. The number of halogens is 2. The fourth-order valence-electron chi connectivity index (χ4n) is 1.61. The molecule has 0 aliphatic rings. The zero-order valence-electron chi connectivity index (χ0n) is 10.5. The summed E-state index contributed by atoms with van der Waals surface area (Å²) < 4.78 is 26.9. The number of nitrogens with one attached hydrogen (secondary N) is 1. The molecular formula is C13H9Cl2N3O2S. The normalized spacial score (nSPS) is 10.9. The van der Waals surface area contributed by atoms with Crippen LogP contribution in [0.25, 0.3) is 0 Å². The van der Waals surface area contributed by atoms with Gasteiger partial charge in [0.2, 0.25) is 0 Å². The number of anilines is 2. The summed E-state index contributed by atoms with van der Waals surface area (Å²) in [5.74, 6) is 0. The Morgan fingerprint density at radius 3 is 2.38 bits per heavy atom. The van der Waals surface area contributed by atoms with Crippen LogP contribution in [-0.2, 0) is 10.0 Å². The van der Waals surface area contributed by atoms with Crippen LogP contribution in [0.15, 0.2) is 41.3 Å². The van der Waals surface area contributed by atoms with E-state index in [-0.39, 0.29) is 26.2 Å². The molecule has 0 saturated heterocycles. The second-order valence-electron chi connectivity index (χ2n) is 4.10. The lowest BCUT2D eigenvalue weighted by Crippen LogP contribution is -2.13. The van der Waals surface area contributed by atoms with Gasteiger partial charge < -0.3 is 5.73 Å². The molecule has 0 fully saturated rings. The third kappa shape index (κ3) is 3.39. The smallest absolute Gasteiger partial charge is 0.263 e. The van der Waals surface area contributed by atoms with E-state index in [1.165, 1.54) is 36.4 Å². The second kappa shape index (κ2) is 5.82. The summed E-state index contributed by atoms with van der Waals surface area (Å²) >= 11 is 11.7. The Labute approximate surface area is 132 Å². The molecule has 0 radical (unpaired) electrons. The molecule has 0 spiro atoms. The first kappa shape index (κ1) is 15.4. The maximum atomic E-state index is 12.3. The third-order valence-electron chi connectivity index (χ3n) is 2.59. The van der Waals surface area contributed by atoms with E-state index < -0.39 is 10.0 Å². The molecule has 8 heteroatoms. The van der Waals surface area contributed by atoms with Gasteiger partial charge in [0, 0.05) is 5.69 Å².